The maximum atomic E-state index is 3.16. The molecule has 4 aromatic rings. The van der Waals surface area contributed by atoms with E-state index in [4.69, 9.17) is 0 Å². The maximum Gasteiger partial charge on any atom is 0.0249 e. The molecule has 0 saturated carbocycles. The van der Waals surface area contributed by atoms with Gasteiger partial charge in [0.15, 0.2) is 0 Å². The van der Waals surface area contributed by atoms with Crippen LogP contribution in [-0.4, -0.2) is 0 Å². The van der Waals surface area contributed by atoms with Crippen molar-refractivity contribution in [3.8, 4) is 11.8 Å². The van der Waals surface area contributed by atoms with Crippen molar-refractivity contribution in [3.63, 3.8) is 0 Å². The van der Waals surface area contributed by atoms with E-state index in [1.807, 2.05) is 36.4 Å². The van der Waals surface area contributed by atoms with E-state index in [0.29, 0.717) is 0 Å². The number of hydrogen-bond donors (Lipinski definition) is 0. The Bertz CT molecular complexity index is 1140. The average molecular weight is 415 g/mol. The van der Waals surface area contributed by atoms with E-state index in [-0.39, 0.29) is 0 Å². The highest BCUT2D eigenvalue weighted by Gasteiger charge is 1.90. The molecule has 0 radical (unpaired) electrons. The van der Waals surface area contributed by atoms with Gasteiger partial charge >= 0.3 is 0 Å². The third-order valence-corrected chi connectivity index (χ3v) is 5.14. The quantitative estimate of drug-likeness (QED) is 0.234. The first kappa shape index (κ1) is 22.9. The number of rotatable bonds is 4. The van der Waals surface area contributed by atoms with E-state index in [2.05, 4.69) is 111 Å². The van der Waals surface area contributed by atoms with Gasteiger partial charge in [-0.3, -0.25) is 0 Å². The number of aryl methyl sites for hydroxylation is 2. The Morgan fingerprint density at radius 1 is 0.469 bits per heavy atom. The van der Waals surface area contributed by atoms with Crippen LogP contribution in [0.15, 0.2) is 109 Å². The Balaban J connectivity index is 0.000000181. The molecule has 0 unspecified atom stereocenters. The number of hydrogen-bond acceptors (Lipinski definition) is 0. The second-order valence-electron chi connectivity index (χ2n) is 7.51. The summed E-state index contributed by atoms with van der Waals surface area (Å²) in [5.74, 6) is 6.31. The highest BCUT2D eigenvalue weighted by molar-refractivity contribution is 5.69. The summed E-state index contributed by atoms with van der Waals surface area (Å²) < 4.78 is 0. The molecule has 0 aliphatic rings. The molecular weight excluding hydrogens is 384 g/mol. The lowest BCUT2D eigenvalue weighted by molar-refractivity contribution is 1.14. The molecule has 4 aromatic carbocycles. The van der Waals surface area contributed by atoms with Gasteiger partial charge < -0.3 is 0 Å². The summed E-state index contributed by atoms with van der Waals surface area (Å²) in [5, 5.41) is 0. The van der Waals surface area contributed by atoms with Crippen molar-refractivity contribution in [2.45, 2.75) is 26.7 Å². The van der Waals surface area contributed by atoms with Crippen LogP contribution in [0.4, 0.5) is 0 Å². The second-order valence-corrected chi connectivity index (χ2v) is 7.51. The van der Waals surface area contributed by atoms with Crippen molar-refractivity contribution < 1.29 is 0 Å². The van der Waals surface area contributed by atoms with Crippen LogP contribution in [0.3, 0.4) is 0 Å². The topological polar surface area (TPSA) is 0 Å². The lowest BCUT2D eigenvalue weighted by Gasteiger charge is -1.97. The van der Waals surface area contributed by atoms with E-state index in [0.717, 1.165) is 24.0 Å². The fourth-order valence-electron chi connectivity index (χ4n) is 3.11. The van der Waals surface area contributed by atoms with Crippen LogP contribution in [0.2, 0.25) is 0 Å². The van der Waals surface area contributed by atoms with Gasteiger partial charge in [-0.2, -0.15) is 0 Å². The first-order valence-corrected chi connectivity index (χ1v) is 11.2. The van der Waals surface area contributed by atoms with Crippen LogP contribution >= 0.6 is 0 Å². The number of benzene rings is 4. The van der Waals surface area contributed by atoms with Crippen LogP contribution in [0.5, 0.6) is 0 Å². The molecule has 158 valence electrons. The molecule has 0 heterocycles. The minimum atomic E-state index is 1.06. The zero-order chi connectivity index (χ0) is 22.4. The van der Waals surface area contributed by atoms with Crippen molar-refractivity contribution in [2.75, 3.05) is 0 Å². The third kappa shape index (κ3) is 7.78. The molecule has 32 heavy (non-hydrogen) atoms. The first-order valence-electron chi connectivity index (χ1n) is 11.2. The van der Waals surface area contributed by atoms with Gasteiger partial charge in [-0.1, -0.05) is 123 Å². The van der Waals surface area contributed by atoms with Crippen molar-refractivity contribution in [1.82, 2.24) is 0 Å². The van der Waals surface area contributed by atoms with Crippen LogP contribution < -0.4 is 0 Å². The first-order chi connectivity index (χ1) is 15.8. The van der Waals surface area contributed by atoms with Crippen LogP contribution in [-0.2, 0) is 12.8 Å². The molecule has 0 aliphatic carbocycles. The Labute approximate surface area is 193 Å². The van der Waals surface area contributed by atoms with Gasteiger partial charge in [-0.05, 0) is 59.4 Å². The molecule has 4 rings (SSSR count). The van der Waals surface area contributed by atoms with Crippen LogP contribution in [0, 0.1) is 11.8 Å². The summed E-state index contributed by atoms with van der Waals surface area (Å²) in [4.78, 5) is 0. The summed E-state index contributed by atoms with van der Waals surface area (Å²) in [6.07, 6.45) is 6.46. The van der Waals surface area contributed by atoms with Crippen molar-refractivity contribution in [1.29, 1.82) is 0 Å². The van der Waals surface area contributed by atoms with Crippen molar-refractivity contribution >= 4 is 12.2 Å². The van der Waals surface area contributed by atoms with Gasteiger partial charge in [0.1, 0.15) is 0 Å². The summed E-state index contributed by atoms with van der Waals surface area (Å²) in [5.41, 5.74) is 7.35. The van der Waals surface area contributed by atoms with E-state index in [9.17, 15) is 0 Å². The largest absolute Gasteiger partial charge is 0.0622 e. The van der Waals surface area contributed by atoms with E-state index in [1.54, 1.807) is 0 Å². The minimum Gasteiger partial charge on any atom is -0.0622 e. The second kappa shape index (κ2) is 12.8. The van der Waals surface area contributed by atoms with E-state index >= 15 is 0 Å². The van der Waals surface area contributed by atoms with Crippen molar-refractivity contribution in [3.05, 3.63) is 143 Å². The highest BCUT2D eigenvalue weighted by atomic mass is 14.0. The molecule has 0 nitrogen and oxygen atoms in total. The van der Waals surface area contributed by atoms with Crippen LogP contribution in [0.1, 0.15) is 47.2 Å². The molecule has 0 heteroatoms. The zero-order valence-corrected chi connectivity index (χ0v) is 19.0. The molecule has 0 fully saturated rings. The lowest BCUT2D eigenvalue weighted by Crippen LogP contribution is -1.80. The summed E-state index contributed by atoms with van der Waals surface area (Å²) in [6, 6.07) is 37.5. The summed E-state index contributed by atoms with van der Waals surface area (Å²) in [6.45, 7) is 4.33. The van der Waals surface area contributed by atoms with Crippen molar-refractivity contribution in [2.24, 2.45) is 0 Å². The Morgan fingerprint density at radius 2 is 0.875 bits per heavy atom. The average Bonchev–Trinajstić information content (AvgIpc) is 2.88. The van der Waals surface area contributed by atoms with E-state index < -0.39 is 0 Å². The summed E-state index contributed by atoms with van der Waals surface area (Å²) in [7, 11) is 0. The van der Waals surface area contributed by atoms with Gasteiger partial charge in [0, 0.05) is 11.1 Å². The van der Waals surface area contributed by atoms with Gasteiger partial charge in [0.25, 0.3) is 0 Å². The van der Waals surface area contributed by atoms with Gasteiger partial charge in [0.05, 0.1) is 0 Å². The predicted octanol–water partition coefficient (Wildman–Crippen LogP) is 8.07. The molecule has 0 N–H and O–H groups in total. The Kier molecular flexibility index (Phi) is 9.13. The monoisotopic (exact) mass is 414 g/mol. The van der Waals surface area contributed by atoms with Gasteiger partial charge in [0.2, 0.25) is 0 Å². The van der Waals surface area contributed by atoms with Gasteiger partial charge in [-0.15, -0.1) is 0 Å². The normalized spacial score (nSPS) is 10.1. The van der Waals surface area contributed by atoms with Gasteiger partial charge in [-0.25, -0.2) is 0 Å². The standard InChI is InChI=1S/C16H16.C16H14/c2*1-2-14-8-10-16(11-9-14)13-12-15-6-4-3-5-7-15/h3-13H,2H2,1H3;3-11H,2H2,1H3/b13-12+;. The SMILES string of the molecule is CCc1ccc(/C=C/c2ccccc2)cc1.CCc1ccc(C#Cc2ccccc2)cc1. The molecule has 0 atom stereocenters. The Morgan fingerprint density at radius 3 is 1.38 bits per heavy atom. The smallest absolute Gasteiger partial charge is 0.0249 e. The molecular formula is C32H30. The molecule has 0 spiro atoms. The highest BCUT2D eigenvalue weighted by Crippen LogP contribution is 2.10. The molecule has 0 aliphatic heterocycles. The molecule has 0 aromatic heterocycles. The fraction of sp³-hybridized carbons (Fsp3) is 0.125. The van der Waals surface area contributed by atoms with Crippen LogP contribution in [0.25, 0.3) is 12.2 Å². The fourth-order valence-corrected chi connectivity index (χ4v) is 3.11. The lowest BCUT2D eigenvalue weighted by atomic mass is 10.1. The molecule has 0 bridgehead atoms. The zero-order valence-electron chi connectivity index (χ0n) is 19.0. The predicted molar refractivity (Wildman–Crippen MR) is 139 cm³/mol. The molecule has 0 saturated heterocycles. The Hall–Kier alpha value is -3.82. The third-order valence-electron chi connectivity index (χ3n) is 5.14. The van der Waals surface area contributed by atoms with E-state index in [1.165, 1.54) is 22.3 Å². The summed E-state index contributed by atoms with van der Waals surface area (Å²) >= 11 is 0. The molecule has 0 amide bonds. The maximum absolute atomic E-state index is 3.16. The minimum absolute atomic E-state index is 1.06.